The van der Waals surface area contributed by atoms with Crippen molar-refractivity contribution in [2.24, 2.45) is 5.92 Å². The van der Waals surface area contributed by atoms with Crippen molar-refractivity contribution in [3.63, 3.8) is 0 Å². The fraction of sp³-hybridized carbons (Fsp3) is 0.444. The molecule has 2 atom stereocenters. The molecule has 3 aromatic rings. The van der Waals surface area contributed by atoms with Gasteiger partial charge in [-0.15, -0.1) is 32.9 Å². The second kappa shape index (κ2) is 7.31. The van der Waals surface area contributed by atoms with E-state index >= 15 is 0 Å². The van der Waals surface area contributed by atoms with E-state index in [9.17, 15) is 4.79 Å². The lowest BCUT2D eigenvalue weighted by Gasteiger charge is -2.31. The Labute approximate surface area is 185 Å². The number of hydrogen-bond acceptors (Lipinski definition) is 10. The highest BCUT2D eigenvalue weighted by Gasteiger charge is 2.42. The van der Waals surface area contributed by atoms with Gasteiger partial charge >= 0.3 is 0 Å². The summed E-state index contributed by atoms with van der Waals surface area (Å²) >= 11 is 4.67. The molecule has 1 fully saturated rings. The number of carbonyl (C=O) groups excluding carboxylic acids is 1. The molecule has 156 valence electrons. The lowest BCUT2D eigenvalue weighted by Crippen LogP contribution is -2.39. The normalized spacial score (nSPS) is 21.7. The third kappa shape index (κ3) is 2.97. The number of amides is 1. The Bertz CT molecular complexity index is 1110. The van der Waals surface area contributed by atoms with Gasteiger partial charge in [0.05, 0.1) is 12.4 Å². The zero-order valence-electron chi connectivity index (χ0n) is 16.2. The number of rotatable bonds is 4. The topological polar surface area (TPSA) is 100 Å². The zero-order valence-corrected chi connectivity index (χ0v) is 18.7. The molecule has 1 aliphatic carbocycles. The molecule has 30 heavy (non-hydrogen) atoms. The van der Waals surface area contributed by atoms with Gasteiger partial charge in [-0.2, -0.15) is 0 Å². The first kappa shape index (κ1) is 18.8. The van der Waals surface area contributed by atoms with E-state index in [4.69, 9.17) is 0 Å². The Hall–Kier alpha value is -1.99. The highest BCUT2D eigenvalue weighted by atomic mass is 32.2. The first-order chi connectivity index (χ1) is 14.7. The average molecular weight is 461 g/mol. The molecule has 3 aromatic heterocycles. The molecule has 1 unspecified atom stereocenters. The van der Waals surface area contributed by atoms with E-state index in [1.165, 1.54) is 50.5 Å². The standard InChI is InChI=1S/C18H20N8OS3/c1-9-2-3-10-11(6-9)30-15-13(10)14-20-8-21-26(14)17-23-24-18(25(15)17)29-7-12(27)22-16-19-4-5-28-16/h4-5,9,14,20-21H,2-3,6-8H2,1H3,(H,19,22,27)/t9-,14?/m1/s1. The highest BCUT2D eigenvalue weighted by molar-refractivity contribution is 7.99. The van der Waals surface area contributed by atoms with Gasteiger partial charge in [-0.3, -0.25) is 15.1 Å². The van der Waals surface area contributed by atoms with E-state index in [0.29, 0.717) is 17.7 Å². The van der Waals surface area contributed by atoms with E-state index in [1.807, 2.05) is 16.7 Å². The van der Waals surface area contributed by atoms with Crippen molar-refractivity contribution in [3.05, 3.63) is 27.6 Å². The Balaban J connectivity index is 1.34. The number of fused-ring (bicyclic) bond motifs is 8. The van der Waals surface area contributed by atoms with Gasteiger partial charge in [-0.05, 0) is 30.7 Å². The SMILES string of the molecule is C[C@@H]1CCc2c(sc3c2C2NCNN2c2nnc(SCC(=O)Nc4nccs4)n2-3)C1. The van der Waals surface area contributed by atoms with Crippen LogP contribution in [0.15, 0.2) is 16.7 Å². The van der Waals surface area contributed by atoms with Gasteiger partial charge in [-0.1, -0.05) is 18.7 Å². The molecule has 3 N–H and O–H groups in total. The number of hydrazine groups is 1. The smallest absolute Gasteiger partial charge is 0.249 e. The molecule has 0 bridgehead atoms. The molecular weight excluding hydrogens is 440 g/mol. The minimum Gasteiger partial charge on any atom is -0.301 e. The van der Waals surface area contributed by atoms with Crippen molar-refractivity contribution in [1.29, 1.82) is 0 Å². The van der Waals surface area contributed by atoms with E-state index < -0.39 is 0 Å². The van der Waals surface area contributed by atoms with Crippen molar-refractivity contribution in [2.45, 2.75) is 37.5 Å². The van der Waals surface area contributed by atoms with Gasteiger partial charge in [0.25, 0.3) is 0 Å². The van der Waals surface area contributed by atoms with Crippen molar-refractivity contribution in [3.8, 4) is 5.00 Å². The molecule has 2 aliphatic heterocycles. The molecule has 1 saturated heterocycles. The third-order valence-electron chi connectivity index (χ3n) is 5.66. The molecule has 3 aliphatic rings. The van der Waals surface area contributed by atoms with Crippen LogP contribution in [-0.4, -0.2) is 38.1 Å². The van der Waals surface area contributed by atoms with E-state index in [1.54, 1.807) is 6.20 Å². The van der Waals surface area contributed by atoms with Crippen LogP contribution in [-0.2, 0) is 17.6 Å². The van der Waals surface area contributed by atoms with Crippen LogP contribution in [0.2, 0.25) is 0 Å². The number of carbonyl (C=O) groups is 1. The maximum atomic E-state index is 12.3. The third-order valence-corrected chi connectivity index (χ3v) is 8.53. The molecule has 0 radical (unpaired) electrons. The van der Waals surface area contributed by atoms with Gasteiger partial charge in [0, 0.05) is 22.0 Å². The summed E-state index contributed by atoms with van der Waals surface area (Å²) in [6.07, 6.45) is 5.23. The van der Waals surface area contributed by atoms with Gasteiger partial charge in [-0.25, -0.2) is 15.0 Å². The van der Waals surface area contributed by atoms with Crippen LogP contribution in [0.1, 0.15) is 35.5 Å². The second-order valence-electron chi connectivity index (χ2n) is 7.67. The van der Waals surface area contributed by atoms with E-state index in [-0.39, 0.29) is 17.8 Å². The van der Waals surface area contributed by atoms with Crippen molar-refractivity contribution in [2.75, 3.05) is 22.7 Å². The molecular formula is C18H20N8OS3. The van der Waals surface area contributed by atoms with Gasteiger partial charge in [0.2, 0.25) is 11.9 Å². The van der Waals surface area contributed by atoms with Crippen molar-refractivity contribution >= 4 is 51.4 Å². The number of anilines is 2. The van der Waals surface area contributed by atoms with Crippen LogP contribution < -0.4 is 21.1 Å². The number of nitrogens with zero attached hydrogens (tertiary/aromatic N) is 5. The summed E-state index contributed by atoms with van der Waals surface area (Å²) in [4.78, 5) is 17.9. The van der Waals surface area contributed by atoms with Crippen molar-refractivity contribution in [1.82, 2.24) is 30.5 Å². The number of thioether (sulfide) groups is 1. The lowest BCUT2D eigenvalue weighted by atomic mass is 9.87. The molecule has 5 heterocycles. The quantitative estimate of drug-likeness (QED) is 0.511. The molecule has 6 rings (SSSR count). The Morgan fingerprint density at radius 3 is 3.23 bits per heavy atom. The van der Waals surface area contributed by atoms with Crippen LogP contribution in [0, 0.1) is 5.92 Å². The van der Waals surface area contributed by atoms with Crippen LogP contribution in [0.5, 0.6) is 0 Å². The van der Waals surface area contributed by atoms with Gasteiger partial charge in [0.15, 0.2) is 10.3 Å². The average Bonchev–Trinajstić information content (AvgIpc) is 3.49. The molecule has 0 spiro atoms. The molecule has 12 heteroatoms. The minimum absolute atomic E-state index is 0.0798. The molecule has 0 aromatic carbocycles. The number of hydrogen-bond donors (Lipinski definition) is 3. The molecule has 0 saturated carbocycles. The fourth-order valence-electron chi connectivity index (χ4n) is 4.30. The first-order valence-electron chi connectivity index (χ1n) is 9.87. The minimum atomic E-state index is -0.0959. The summed E-state index contributed by atoms with van der Waals surface area (Å²) in [5.74, 6) is 1.64. The van der Waals surface area contributed by atoms with Crippen LogP contribution >= 0.6 is 34.4 Å². The fourth-order valence-corrected chi connectivity index (χ4v) is 7.17. The number of thiophene rings is 1. The maximum Gasteiger partial charge on any atom is 0.249 e. The monoisotopic (exact) mass is 460 g/mol. The predicted octanol–water partition coefficient (Wildman–Crippen LogP) is 2.52. The first-order valence-corrected chi connectivity index (χ1v) is 12.6. The summed E-state index contributed by atoms with van der Waals surface area (Å²) < 4.78 is 2.11. The zero-order chi connectivity index (χ0) is 20.2. The molecule has 9 nitrogen and oxygen atoms in total. The summed E-state index contributed by atoms with van der Waals surface area (Å²) in [5.41, 5.74) is 6.20. The number of thiazole rings is 1. The van der Waals surface area contributed by atoms with Crippen molar-refractivity contribution < 1.29 is 4.79 Å². The summed E-state index contributed by atoms with van der Waals surface area (Å²) in [6.45, 7) is 3.02. The summed E-state index contributed by atoms with van der Waals surface area (Å²) in [5, 5.41) is 21.7. The van der Waals surface area contributed by atoms with Crippen LogP contribution in [0.3, 0.4) is 0 Å². The Kier molecular flexibility index (Phi) is 4.57. The molecule has 1 amide bonds. The Morgan fingerprint density at radius 1 is 1.43 bits per heavy atom. The maximum absolute atomic E-state index is 12.3. The predicted molar refractivity (Wildman–Crippen MR) is 118 cm³/mol. The lowest BCUT2D eigenvalue weighted by molar-refractivity contribution is -0.113. The largest absolute Gasteiger partial charge is 0.301 e. The van der Waals surface area contributed by atoms with Crippen LogP contribution in [0.4, 0.5) is 11.1 Å². The second-order valence-corrected chi connectivity index (χ2v) is 10.6. The van der Waals surface area contributed by atoms with E-state index in [0.717, 1.165) is 23.9 Å². The number of nitrogens with one attached hydrogen (secondary N) is 3. The highest BCUT2D eigenvalue weighted by Crippen LogP contribution is 2.48. The van der Waals surface area contributed by atoms with Crippen LogP contribution in [0.25, 0.3) is 5.00 Å². The van der Waals surface area contributed by atoms with Gasteiger partial charge in [0.1, 0.15) is 11.2 Å². The number of aromatic nitrogens is 4. The van der Waals surface area contributed by atoms with Gasteiger partial charge < -0.3 is 5.32 Å². The summed E-state index contributed by atoms with van der Waals surface area (Å²) in [6, 6.07) is 0. The van der Waals surface area contributed by atoms with E-state index in [2.05, 4.69) is 47.7 Å². The Morgan fingerprint density at radius 2 is 2.37 bits per heavy atom. The summed E-state index contributed by atoms with van der Waals surface area (Å²) in [7, 11) is 0.